The highest BCUT2D eigenvalue weighted by atomic mass is 16.6. The second-order valence-electron chi connectivity index (χ2n) is 12.3. The minimum absolute atomic E-state index is 0.112. The standard InChI is InChI=1S/C36H36N2O5/c1-36-20-22-7-10-28(39-3)29(16-22)41-25-8-5-21(6-9-25)15-27-33-24(12-14-38(27)2)18-32(40-4)34-35(33)43-31-19-26(36)23(11-13-37-36)17-30(31)42-34/h5-10,16-19,27,37H,11-15,20H2,1-4H3/t27-,36?/m0/s1. The molecular formula is C36H36N2O5. The lowest BCUT2D eigenvalue weighted by atomic mass is 9.79. The number of fused-ring (bicyclic) bond motifs is 2. The highest BCUT2D eigenvalue weighted by Gasteiger charge is 2.38. The molecule has 7 heteroatoms. The van der Waals surface area contributed by atoms with E-state index < -0.39 is 0 Å². The van der Waals surface area contributed by atoms with Gasteiger partial charge < -0.3 is 29.0 Å². The summed E-state index contributed by atoms with van der Waals surface area (Å²) < 4.78 is 31.6. The second kappa shape index (κ2) is 9.93. The molecule has 5 aliphatic heterocycles. The van der Waals surface area contributed by atoms with Crippen LogP contribution >= 0.6 is 0 Å². The minimum atomic E-state index is -0.318. The van der Waals surface area contributed by atoms with E-state index in [9.17, 15) is 0 Å². The van der Waals surface area contributed by atoms with Gasteiger partial charge in [-0.3, -0.25) is 4.90 Å². The van der Waals surface area contributed by atoms with Crippen LogP contribution in [0.3, 0.4) is 0 Å². The lowest BCUT2D eigenvalue weighted by molar-refractivity contribution is 0.219. The maximum Gasteiger partial charge on any atom is 0.212 e. The van der Waals surface area contributed by atoms with Crippen LogP contribution in [-0.4, -0.2) is 39.3 Å². The maximum absolute atomic E-state index is 6.91. The molecule has 0 aromatic heterocycles. The normalized spacial score (nSPS) is 21.6. The average molecular weight is 577 g/mol. The Balaban J connectivity index is 1.34. The molecule has 7 nitrogen and oxygen atoms in total. The Morgan fingerprint density at radius 1 is 0.791 bits per heavy atom. The molecule has 7 bridgehead atoms. The van der Waals surface area contributed by atoms with Crippen LogP contribution in [-0.2, 0) is 31.2 Å². The Morgan fingerprint density at radius 3 is 2.37 bits per heavy atom. The third-order valence-corrected chi connectivity index (χ3v) is 9.61. The van der Waals surface area contributed by atoms with E-state index in [1.165, 1.54) is 27.8 Å². The van der Waals surface area contributed by atoms with Gasteiger partial charge in [-0.25, -0.2) is 0 Å². The molecule has 0 amide bonds. The van der Waals surface area contributed by atoms with Crippen molar-refractivity contribution in [3.63, 3.8) is 0 Å². The molecule has 2 atom stereocenters. The van der Waals surface area contributed by atoms with Crippen molar-refractivity contribution < 1.29 is 23.7 Å². The van der Waals surface area contributed by atoms with Crippen LogP contribution in [0.1, 0.15) is 46.3 Å². The number of rotatable bonds is 2. The quantitative estimate of drug-likeness (QED) is 0.241. The van der Waals surface area contributed by atoms with E-state index >= 15 is 0 Å². The molecular weight excluding hydrogens is 540 g/mol. The van der Waals surface area contributed by atoms with Crippen molar-refractivity contribution in [3.05, 3.63) is 94.0 Å². The van der Waals surface area contributed by atoms with Gasteiger partial charge in [-0.1, -0.05) is 18.2 Å². The van der Waals surface area contributed by atoms with Crippen LogP contribution in [0.4, 0.5) is 0 Å². The Morgan fingerprint density at radius 2 is 1.56 bits per heavy atom. The molecule has 43 heavy (non-hydrogen) atoms. The number of benzene rings is 4. The molecule has 0 radical (unpaired) electrons. The number of methoxy groups -OCH3 is 2. The minimum Gasteiger partial charge on any atom is -0.493 e. The first-order valence-electron chi connectivity index (χ1n) is 15.1. The fourth-order valence-electron chi connectivity index (χ4n) is 7.33. The molecule has 4 aromatic rings. The maximum atomic E-state index is 6.91. The predicted molar refractivity (Wildman–Crippen MR) is 165 cm³/mol. The van der Waals surface area contributed by atoms with Crippen molar-refractivity contribution in [2.24, 2.45) is 0 Å². The summed E-state index contributed by atoms with van der Waals surface area (Å²) in [5, 5.41) is 3.82. The molecule has 0 aliphatic carbocycles. The zero-order valence-corrected chi connectivity index (χ0v) is 25.1. The zero-order valence-electron chi connectivity index (χ0n) is 25.1. The first-order chi connectivity index (χ1) is 20.9. The average Bonchev–Trinajstić information content (AvgIpc) is 3.01. The number of hydrogen-bond acceptors (Lipinski definition) is 7. The van der Waals surface area contributed by atoms with Gasteiger partial charge in [0.25, 0.3) is 0 Å². The zero-order chi connectivity index (χ0) is 29.3. The molecule has 0 saturated carbocycles. The summed E-state index contributed by atoms with van der Waals surface area (Å²) in [5.41, 5.74) is 6.97. The van der Waals surface area contributed by atoms with E-state index in [2.05, 4.69) is 66.7 Å². The Kier molecular flexibility index (Phi) is 6.10. The lowest BCUT2D eigenvalue weighted by Gasteiger charge is -2.40. The topological polar surface area (TPSA) is 61.4 Å². The van der Waals surface area contributed by atoms with E-state index in [1.807, 2.05) is 18.2 Å². The highest BCUT2D eigenvalue weighted by molar-refractivity contribution is 5.67. The van der Waals surface area contributed by atoms with Crippen LogP contribution in [0.5, 0.6) is 46.0 Å². The summed E-state index contributed by atoms with van der Waals surface area (Å²) in [5.74, 6) is 5.82. The van der Waals surface area contributed by atoms with Crippen LogP contribution < -0.4 is 29.0 Å². The van der Waals surface area contributed by atoms with E-state index in [0.29, 0.717) is 23.0 Å². The number of ether oxygens (including phenoxy) is 5. The third-order valence-electron chi connectivity index (χ3n) is 9.61. The van der Waals surface area contributed by atoms with Crippen molar-refractivity contribution in [1.82, 2.24) is 10.2 Å². The molecule has 1 unspecified atom stereocenters. The number of hydrogen-bond donors (Lipinski definition) is 1. The molecule has 4 aromatic carbocycles. The van der Waals surface area contributed by atoms with Gasteiger partial charge >= 0.3 is 0 Å². The predicted octanol–water partition coefficient (Wildman–Crippen LogP) is 7.08. The summed E-state index contributed by atoms with van der Waals surface area (Å²) in [4.78, 5) is 2.42. The van der Waals surface area contributed by atoms with Gasteiger partial charge in [-0.05, 0) is 110 Å². The molecule has 0 saturated heterocycles. The first kappa shape index (κ1) is 26.4. The SMILES string of the molecule is COc1ccc2cc1Oc1ccc(cc1)C[C@H]1c3c(cc(OC)c4c3Oc3cc5c(cc3O4)CCNC5(C)C2)CCN1C. The molecule has 220 valence electrons. The number of likely N-dealkylation sites (N-methyl/N-ethyl adjacent to an activating group) is 1. The molecule has 1 N–H and O–H groups in total. The Labute approximate surface area is 252 Å². The fourth-order valence-corrected chi connectivity index (χ4v) is 7.33. The molecule has 5 heterocycles. The van der Waals surface area contributed by atoms with Crippen molar-refractivity contribution in [1.29, 1.82) is 0 Å². The van der Waals surface area contributed by atoms with Crippen molar-refractivity contribution in [3.8, 4) is 46.0 Å². The monoisotopic (exact) mass is 576 g/mol. The van der Waals surface area contributed by atoms with E-state index in [4.69, 9.17) is 23.7 Å². The molecule has 0 spiro atoms. The lowest BCUT2D eigenvalue weighted by Crippen LogP contribution is -2.46. The summed E-state index contributed by atoms with van der Waals surface area (Å²) in [6, 6.07) is 21.2. The summed E-state index contributed by atoms with van der Waals surface area (Å²) >= 11 is 0. The van der Waals surface area contributed by atoms with Crippen molar-refractivity contribution in [2.75, 3.05) is 34.4 Å². The van der Waals surface area contributed by atoms with E-state index in [-0.39, 0.29) is 11.6 Å². The summed E-state index contributed by atoms with van der Waals surface area (Å²) in [7, 11) is 5.58. The second-order valence-corrected chi connectivity index (χ2v) is 12.3. The van der Waals surface area contributed by atoms with E-state index in [1.54, 1.807) is 14.2 Å². The number of nitrogens with one attached hydrogen (secondary N) is 1. The molecule has 5 aliphatic rings. The van der Waals surface area contributed by atoms with Crippen LogP contribution in [0.25, 0.3) is 0 Å². The molecule has 0 fully saturated rings. The smallest absolute Gasteiger partial charge is 0.212 e. The van der Waals surface area contributed by atoms with Gasteiger partial charge in [0, 0.05) is 30.2 Å². The van der Waals surface area contributed by atoms with Gasteiger partial charge in [0.15, 0.2) is 34.5 Å². The van der Waals surface area contributed by atoms with Crippen LogP contribution in [0.2, 0.25) is 0 Å². The Hall–Kier alpha value is -4.20. The van der Waals surface area contributed by atoms with E-state index in [0.717, 1.165) is 67.3 Å². The highest BCUT2D eigenvalue weighted by Crippen LogP contribution is 2.56. The number of nitrogens with zero attached hydrogens (tertiary/aromatic N) is 1. The van der Waals surface area contributed by atoms with Crippen molar-refractivity contribution >= 4 is 0 Å². The van der Waals surface area contributed by atoms with Crippen LogP contribution in [0, 0.1) is 0 Å². The first-order valence-corrected chi connectivity index (χ1v) is 15.1. The molecule has 9 rings (SSSR count). The Bertz CT molecular complexity index is 1750. The van der Waals surface area contributed by atoms with Gasteiger partial charge in [0.2, 0.25) is 5.75 Å². The summed E-state index contributed by atoms with van der Waals surface area (Å²) in [6.07, 6.45) is 3.42. The van der Waals surface area contributed by atoms with Crippen LogP contribution in [0.15, 0.2) is 60.7 Å². The summed E-state index contributed by atoms with van der Waals surface area (Å²) in [6.45, 7) is 4.09. The fraction of sp³-hybridized carbons (Fsp3) is 0.333. The van der Waals surface area contributed by atoms with Gasteiger partial charge in [-0.2, -0.15) is 0 Å². The third kappa shape index (κ3) is 4.33. The van der Waals surface area contributed by atoms with Gasteiger partial charge in [0.1, 0.15) is 5.75 Å². The van der Waals surface area contributed by atoms with Gasteiger partial charge in [0.05, 0.1) is 14.2 Å². The largest absolute Gasteiger partial charge is 0.493 e. The van der Waals surface area contributed by atoms with Gasteiger partial charge in [-0.15, -0.1) is 0 Å². The van der Waals surface area contributed by atoms with Crippen molar-refractivity contribution in [2.45, 2.75) is 44.2 Å².